The molecule has 1 saturated heterocycles. The van der Waals surface area contributed by atoms with Gasteiger partial charge < -0.3 is 15.0 Å². The summed E-state index contributed by atoms with van der Waals surface area (Å²) >= 11 is 3.62. The van der Waals surface area contributed by atoms with Crippen LogP contribution in [0.1, 0.15) is 52.1 Å². The summed E-state index contributed by atoms with van der Waals surface area (Å²) in [5.41, 5.74) is 3.00. The van der Waals surface area contributed by atoms with E-state index >= 15 is 0 Å². The van der Waals surface area contributed by atoms with Crippen molar-refractivity contribution in [2.75, 3.05) is 56.8 Å². The van der Waals surface area contributed by atoms with E-state index in [-0.39, 0.29) is 17.5 Å². The van der Waals surface area contributed by atoms with Crippen LogP contribution in [0.4, 0.5) is 17.3 Å². The van der Waals surface area contributed by atoms with Crippen LogP contribution in [0.15, 0.2) is 28.9 Å². The molecule has 2 atom stereocenters. The highest BCUT2D eigenvalue weighted by Crippen LogP contribution is 2.35. The molecule has 0 unspecified atom stereocenters. The molecule has 2 aromatic rings. The summed E-state index contributed by atoms with van der Waals surface area (Å²) < 4.78 is 32.6. The third-order valence-electron chi connectivity index (χ3n) is 8.16. The third-order valence-corrected chi connectivity index (χ3v) is 10.1. The highest BCUT2D eigenvalue weighted by atomic mass is 79.9. The lowest BCUT2D eigenvalue weighted by molar-refractivity contribution is 0.128. The average Bonchev–Trinajstić information content (AvgIpc) is 2.90. The number of piperazine rings is 1. The Balaban J connectivity index is 1.48. The van der Waals surface area contributed by atoms with E-state index in [0.29, 0.717) is 12.4 Å². The summed E-state index contributed by atoms with van der Waals surface area (Å²) in [6, 6.07) is 6.19. The molecular weight excluding hydrogens is 580 g/mol. The topological polar surface area (TPSA) is 90.9 Å². The molecule has 1 aromatic carbocycles. The number of ether oxygens (including phenoxy) is 1. The quantitative estimate of drug-likeness (QED) is 0.444. The van der Waals surface area contributed by atoms with Crippen molar-refractivity contribution >= 4 is 43.3 Å². The van der Waals surface area contributed by atoms with E-state index < -0.39 is 10.0 Å². The van der Waals surface area contributed by atoms with Crippen LogP contribution in [0.25, 0.3) is 0 Å². The standard InChI is InChI=1S/C28H43BrN6O3S/c1-28(2,3)35-15-13-34(14-16-35)21-11-12-23(26(18-21)38-5)31-27-30-19-22(29)24(32-27)17-20-9-7-8-10-25(20)33(4)39(6,36)37/h11-12,18-20,25H,7-10,13-17H2,1-6H3,(H,30,31,32)/t20-,25+/m0/s1. The molecule has 0 spiro atoms. The Bertz CT molecular complexity index is 1240. The minimum Gasteiger partial charge on any atom is -0.494 e. The molecule has 1 aliphatic carbocycles. The van der Waals surface area contributed by atoms with Gasteiger partial charge >= 0.3 is 0 Å². The predicted octanol–water partition coefficient (Wildman–Crippen LogP) is 4.90. The Labute approximate surface area is 242 Å². The monoisotopic (exact) mass is 622 g/mol. The zero-order valence-electron chi connectivity index (χ0n) is 24.1. The van der Waals surface area contributed by atoms with Gasteiger partial charge in [-0.15, -0.1) is 0 Å². The van der Waals surface area contributed by atoms with Crippen molar-refractivity contribution in [3.8, 4) is 5.75 Å². The Hall–Kier alpha value is -1.95. The van der Waals surface area contributed by atoms with Crippen molar-refractivity contribution in [1.82, 2.24) is 19.2 Å². The van der Waals surface area contributed by atoms with Crippen molar-refractivity contribution < 1.29 is 13.2 Å². The van der Waals surface area contributed by atoms with Gasteiger partial charge in [0.05, 0.1) is 29.2 Å². The first kappa shape index (κ1) is 30.0. The highest BCUT2D eigenvalue weighted by Gasteiger charge is 2.33. The largest absolute Gasteiger partial charge is 0.494 e. The molecule has 1 saturated carbocycles. The summed E-state index contributed by atoms with van der Waals surface area (Å²) in [5, 5.41) is 3.34. The van der Waals surface area contributed by atoms with E-state index in [1.165, 1.54) is 6.26 Å². The van der Waals surface area contributed by atoms with Gasteiger partial charge in [-0.05, 0) is 74.0 Å². The molecule has 39 heavy (non-hydrogen) atoms. The lowest BCUT2D eigenvalue weighted by Crippen LogP contribution is -2.53. The van der Waals surface area contributed by atoms with E-state index in [2.05, 4.69) is 68.9 Å². The average molecular weight is 624 g/mol. The Morgan fingerprint density at radius 3 is 2.49 bits per heavy atom. The number of nitrogens with one attached hydrogen (secondary N) is 1. The maximum Gasteiger partial charge on any atom is 0.227 e. The van der Waals surface area contributed by atoms with Crippen LogP contribution in [0.3, 0.4) is 0 Å². The van der Waals surface area contributed by atoms with Gasteiger partial charge in [-0.3, -0.25) is 4.90 Å². The molecule has 216 valence electrons. The van der Waals surface area contributed by atoms with E-state index in [4.69, 9.17) is 9.72 Å². The maximum atomic E-state index is 12.3. The Morgan fingerprint density at radius 1 is 1.15 bits per heavy atom. The summed E-state index contributed by atoms with van der Waals surface area (Å²) in [4.78, 5) is 14.2. The molecule has 1 aliphatic heterocycles. The lowest BCUT2D eigenvalue weighted by Gasteiger charge is -2.43. The van der Waals surface area contributed by atoms with Crippen LogP contribution >= 0.6 is 15.9 Å². The number of halogens is 1. The van der Waals surface area contributed by atoms with Gasteiger partial charge in [0.15, 0.2) is 0 Å². The van der Waals surface area contributed by atoms with Crippen LogP contribution in [0.2, 0.25) is 0 Å². The third kappa shape index (κ3) is 7.42. The van der Waals surface area contributed by atoms with Gasteiger partial charge in [-0.1, -0.05) is 12.8 Å². The summed E-state index contributed by atoms with van der Waals surface area (Å²) in [7, 11) is 0.114. The Morgan fingerprint density at radius 2 is 1.85 bits per heavy atom. The summed E-state index contributed by atoms with van der Waals surface area (Å²) in [6.45, 7) is 10.8. The number of rotatable bonds is 8. The van der Waals surface area contributed by atoms with Crippen LogP contribution in [0, 0.1) is 5.92 Å². The van der Waals surface area contributed by atoms with Gasteiger partial charge in [0.2, 0.25) is 16.0 Å². The summed E-state index contributed by atoms with van der Waals surface area (Å²) in [6.07, 6.45) is 7.71. The molecule has 0 bridgehead atoms. The fraction of sp³-hybridized carbons (Fsp3) is 0.643. The fourth-order valence-electron chi connectivity index (χ4n) is 5.74. The second kappa shape index (κ2) is 12.3. The molecule has 1 aromatic heterocycles. The van der Waals surface area contributed by atoms with Crippen molar-refractivity contribution in [2.45, 2.75) is 64.5 Å². The Kier molecular flexibility index (Phi) is 9.45. The van der Waals surface area contributed by atoms with Gasteiger partial charge in [0, 0.05) is 62.8 Å². The number of anilines is 3. The van der Waals surface area contributed by atoms with Crippen molar-refractivity contribution in [3.05, 3.63) is 34.6 Å². The second-order valence-corrected chi connectivity index (χ2v) is 14.6. The number of methoxy groups -OCH3 is 1. The zero-order valence-corrected chi connectivity index (χ0v) is 26.5. The highest BCUT2D eigenvalue weighted by molar-refractivity contribution is 9.10. The molecule has 0 amide bonds. The second-order valence-electron chi connectivity index (χ2n) is 11.7. The van der Waals surface area contributed by atoms with E-state index in [1.807, 2.05) is 6.07 Å². The van der Waals surface area contributed by atoms with E-state index in [0.717, 1.165) is 79.2 Å². The van der Waals surface area contributed by atoms with Gasteiger partial charge in [0.25, 0.3) is 0 Å². The minimum atomic E-state index is -3.26. The molecule has 9 nitrogen and oxygen atoms in total. The molecule has 2 fully saturated rings. The molecule has 2 heterocycles. The predicted molar refractivity (Wildman–Crippen MR) is 162 cm³/mol. The van der Waals surface area contributed by atoms with Crippen LogP contribution in [-0.4, -0.2) is 85.8 Å². The zero-order chi connectivity index (χ0) is 28.4. The first-order chi connectivity index (χ1) is 18.4. The number of nitrogens with zero attached hydrogens (tertiary/aromatic N) is 5. The molecule has 11 heteroatoms. The molecule has 4 rings (SSSR count). The summed E-state index contributed by atoms with van der Waals surface area (Å²) in [5.74, 6) is 1.42. The fourth-order valence-corrected chi connectivity index (χ4v) is 6.86. The van der Waals surface area contributed by atoms with Crippen molar-refractivity contribution in [3.63, 3.8) is 0 Å². The molecular formula is C28H43BrN6O3S. The first-order valence-corrected chi connectivity index (χ1v) is 16.4. The van der Waals surface area contributed by atoms with Crippen LogP contribution in [-0.2, 0) is 16.4 Å². The number of hydrogen-bond donors (Lipinski definition) is 1. The number of aromatic nitrogens is 2. The molecule has 1 N–H and O–H groups in total. The van der Waals surface area contributed by atoms with Gasteiger partial charge in [-0.25, -0.2) is 22.7 Å². The normalized spacial score (nSPS) is 21.3. The van der Waals surface area contributed by atoms with Gasteiger partial charge in [-0.2, -0.15) is 0 Å². The molecule has 0 radical (unpaired) electrons. The van der Waals surface area contributed by atoms with Crippen LogP contribution in [0.5, 0.6) is 5.75 Å². The number of sulfonamides is 1. The van der Waals surface area contributed by atoms with E-state index in [9.17, 15) is 8.42 Å². The van der Waals surface area contributed by atoms with Crippen molar-refractivity contribution in [2.24, 2.45) is 5.92 Å². The molecule has 2 aliphatic rings. The maximum absolute atomic E-state index is 12.3. The van der Waals surface area contributed by atoms with E-state index in [1.54, 1.807) is 24.7 Å². The SMILES string of the molecule is COc1cc(N2CCN(C(C)(C)C)CC2)ccc1Nc1ncc(Br)c(C[C@@H]2CCCC[C@H]2N(C)S(C)(=O)=O)n1. The lowest BCUT2D eigenvalue weighted by atomic mass is 9.81. The van der Waals surface area contributed by atoms with Crippen molar-refractivity contribution in [1.29, 1.82) is 0 Å². The number of hydrogen-bond acceptors (Lipinski definition) is 8. The van der Waals surface area contributed by atoms with Gasteiger partial charge in [0.1, 0.15) is 5.75 Å². The smallest absolute Gasteiger partial charge is 0.227 e. The minimum absolute atomic E-state index is 0.0232. The van der Waals surface area contributed by atoms with Crippen LogP contribution < -0.4 is 15.0 Å². The first-order valence-electron chi connectivity index (χ1n) is 13.8. The number of benzene rings is 1.